The number of carbonyl (C=O) groups excluding carboxylic acids is 1. The summed E-state index contributed by atoms with van der Waals surface area (Å²) in [5, 5.41) is 8.53. The second kappa shape index (κ2) is 6.25. The molecule has 1 saturated carbocycles. The molecule has 1 saturated heterocycles. The molecule has 2 N–H and O–H groups in total. The number of H-pyrrole nitrogens is 1. The van der Waals surface area contributed by atoms with Crippen LogP contribution in [0, 0.1) is 0 Å². The lowest BCUT2D eigenvalue weighted by atomic mass is 9.73. The van der Waals surface area contributed by atoms with Gasteiger partial charge in [-0.25, -0.2) is 14.5 Å². The van der Waals surface area contributed by atoms with E-state index in [1.165, 1.54) is 0 Å². The van der Waals surface area contributed by atoms with Crippen molar-refractivity contribution in [3.63, 3.8) is 0 Å². The zero-order valence-electron chi connectivity index (χ0n) is 16.7. The molecule has 0 spiro atoms. The van der Waals surface area contributed by atoms with Crippen LogP contribution in [0.15, 0.2) is 37.1 Å². The van der Waals surface area contributed by atoms with Crippen molar-refractivity contribution in [3.05, 3.63) is 37.1 Å². The van der Waals surface area contributed by atoms with Crippen LogP contribution in [0.3, 0.4) is 0 Å². The fourth-order valence-corrected chi connectivity index (χ4v) is 4.92. The van der Waals surface area contributed by atoms with E-state index in [-0.39, 0.29) is 17.5 Å². The molecule has 0 radical (unpaired) electrons. The maximum absolute atomic E-state index is 12.1. The van der Waals surface area contributed by atoms with Gasteiger partial charge in [0.15, 0.2) is 5.65 Å². The van der Waals surface area contributed by atoms with Crippen molar-refractivity contribution in [1.29, 1.82) is 0 Å². The van der Waals surface area contributed by atoms with E-state index in [1.54, 1.807) is 10.8 Å². The number of aromatic amines is 1. The molecule has 0 bridgehead atoms. The zero-order chi connectivity index (χ0) is 20.3. The van der Waals surface area contributed by atoms with Gasteiger partial charge in [-0.1, -0.05) is 0 Å². The number of nitrogens with zero attached hydrogens (tertiary/aromatic N) is 6. The van der Waals surface area contributed by atoms with Crippen LogP contribution in [0.1, 0.15) is 32.6 Å². The van der Waals surface area contributed by atoms with E-state index in [0.29, 0.717) is 12.4 Å². The first-order valence-electron chi connectivity index (χ1n) is 10.3. The highest BCUT2D eigenvalue weighted by Crippen LogP contribution is 2.41. The van der Waals surface area contributed by atoms with E-state index in [0.717, 1.165) is 53.6 Å². The van der Waals surface area contributed by atoms with Crippen molar-refractivity contribution < 1.29 is 4.79 Å². The fraction of sp³-hybridized carbons (Fsp3) is 0.381. The molecule has 4 aromatic heterocycles. The summed E-state index contributed by atoms with van der Waals surface area (Å²) < 4.78 is 1.74. The quantitative estimate of drug-likeness (QED) is 0.544. The number of carbonyl (C=O) groups is 1. The Morgan fingerprint density at radius 3 is 3.03 bits per heavy atom. The average Bonchev–Trinajstić information content (AvgIpc) is 3.44. The predicted molar refractivity (Wildman–Crippen MR) is 112 cm³/mol. The van der Waals surface area contributed by atoms with Crippen LogP contribution in [-0.4, -0.2) is 58.5 Å². The smallest absolute Gasteiger partial charge is 0.224 e. The SMILES string of the molecule is C[C@]1(N2CCCC2=O)C[C@@H](Nc2ncc3c(-c4ccn5ncnc5c4)c[nH]c3n2)C1. The van der Waals surface area contributed by atoms with Crippen LogP contribution in [0.5, 0.6) is 0 Å². The number of hydrogen-bond acceptors (Lipinski definition) is 6. The van der Waals surface area contributed by atoms with Crippen molar-refractivity contribution in [1.82, 2.24) is 34.4 Å². The van der Waals surface area contributed by atoms with Gasteiger partial charge in [0.2, 0.25) is 11.9 Å². The Bertz CT molecular complexity index is 1270. The summed E-state index contributed by atoms with van der Waals surface area (Å²) in [7, 11) is 0. The molecule has 30 heavy (non-hydrogen) atoms. The van der Waals surface area contributed by atoms with E-state index >= 15 is 0 Å². The van der Waals surface area contributed by atoms with Crippen LogP contribution in [0.2, 0.25) is 0 Å². The Balaban J connectivity index is 1.20. The molecule has 0 aromatic carbocycles. The first-order chi connectivity index (χ1) is 14.6. The molecule has 0 atom stereocenters. The van der Waals surface area contributed by atoms with Gasteiger partial charge in [0.1, 0.15) is 12.0 Å². The van der Waals surface area contributed by atoms with Crippen molar-refractivity contribution in [2.75, 3.05) is 11.9 Å². The molecule has 6 rings (SSSR count). The second-order valence-corrected chi connectivity index (χ2v) is 8.53. The molecule has 9 heteroatoms. The van der Waals surface area contributed by atoms with Crippen LogP contribution in [-0.2, 0) is 4.79 Å². The van der Waals surface area contributed by atoms with Gasteiger partial charge < -0.3 is 15.2 Å². The first-order valence-corrected chi connectivity index (χ1v) is 10.3. The van der Waals surface area contributed by atoms with E-state index in [2.05, 4.69) is 42.2 Å². The van der Waals surface area contributed by atoms with Gasteiger partial charge in [-0.05, 0) is 43.9 Å². The van der Waals surface area contributed by atoms with E-state index < -0.39 is 0 Å². The number of rotatable bonds is 4. The normalized spacial score (nSPS) is 24.0. The Labute approximate surface area is 172 Å². The molecule has 1 amide bonds. The summed E-state index contributed by atoms with van der Waals surface area (Å²) in [5.41, 5.74) is 3.63. The van der Waals surface area contributed by atoms with Gasteiger partial charge in [-0.3, -0.25) is 4.79 Å². The lowest BCUT2D eigenvalue weighted by Crippen LogP contribution is -2.59. The topological polar surface area (TPSA) is 104 Å². The van der Waals surface area contributed by atoms with Crippen LogP contribution >= 0.6 is 0 Å². The Kier molecular flexibility index (Phi) is 3.62. The number of hydrogen-bond donors (Lipinski definition) is 2. The lowest BCUT2D eigenvalue weighted by Gasteiger charge is -2.51. The number of likely N-dealkylation sites (tertiary alicyclic amines) is 1. The minimum atomic E-state index is -0.0324. The summed E-state index contributed by atoms with van der Waals surface area (Å²) in [6.45, 7) is 3.07. The molecule has 1 aliphatic heterocycles. The Hall–Kier alpha value is -3.49. The maximum atomic E-state index is 12.1. The highest BCUT2D eigenvalue weighted by molar-refractivity contribution is 5.93. The van der Waals surface area contributed by atoms with Gasteiger partial charge in [0.25, 0.3) is 0 Å². The molecular weight excluding hydrogens is 380 g/mol. The highest BCUT2D eigenvalue weighted by Gasteiger charge is 2.48. The predicted octanol–water partition coefficient (Wildman–Crippen LogP) is 2.62. The number of anilines is 1. The largest absolute Gasteiger partial charge is 0.351 e. The maximum Gasteiger partial charge on any atom is 0.224 e. The van der Waals surface area contributed by atoms with Crippen molar-refractivity contribution >= 4 is 28.5 Å². The van der Waals surface area contributed by atoms with Crippen LogP contribution in [0.25, 0.3) is 27.8 Å². The van der Waals surface area contributed by atoms with Gasteiger partial charge in [-0.2, -0.15) is 10.1 Å². The zero-order valence-corrected chi connectivity index (χ0v) is 16.7. The van der Waals surface area contributed by atoms with Crippen molar-refractivity contribution in [2.24, 2.45) is 0 Å². The number of aromatic nitrogens is 6. The van der Waals surface area contributed by atoms with Gasteiger partial charge in [0, 0.05) is 54.1 Å². The van der Waals surface area contributed by atoms with Crippen molar-refractivity contribution in [2.45, 2.75) is 44.2 Å². The number of fused-ring (bicyclic) bond motifs is 2. The first kappa shape index (κ1) is 17.4. The summed E-state index contributed by atoms with van der Waals surface area (Å²) >= 11 is 0. The summed E-state index contributed by atoms with van der Waals surface area (Å²) in [6, 6.07) is 4.28. The van der Waals surface area contributed by atoms with Crippen LogP contribution < -0.4 is 5.32 Å². The monoisotopic (exact) mass is 402 g/mol. The molecule has 0 unspecified atom stereocenters. The summed E-state index contributed by atoms with van der Waals surface area (Å²) in [4.78, 5) is 30.8. The number of amides is 1. The molecule has 5 heterocycles. The van der Waals surface area contributed by atoms with E-state index in [1.807, 2.05) is 30.7 Å². The number of nitrogens with one attached hydrogen (secondary N) is 2. The summed E-state index contributed by atoms with van der Waals surface area (Å²) in [5.74, 6) is 0.903. The second-order valence-electron chi connectivity index (χ2n) is 8.53. The summed E-state index contributed by atoms with van der Waals surface area (Å²) in [6.07, 6.45) is 10.8. The Morgan fingerprint density at radius 1 is 1.30 bits per heavy atom. The Morgan fingerprint density at radius 2 is 2.20 bits per heavy atom. The molecular formula is C21H22N8O. The third-order valence-corrected chi connectivity index (χ3v) is 6.45. The third kappa shape index (κ3) is 2.65. The molecule has 2 fully saturated rings. The highest BCUT2D eigenvalue weighted by atomic mass is 16.2. The van der Waals surface area contributed by atoms with Crippen LogP contribution in [0.4, 0.5) is 5.95 Å². The van der Waals surface area contributed by atoms with Crippen molar-refractivity contribution in [3.8, 4) is 11.1 Å². The minimum absolute atomic E-state index is 0.0324. The molecule has 152 valence electrons. The minimum Gasteiger partial charge on any atom is -0.351 e. The third-order valence-electron chi connectivity index (χ3n) is 6.45. The van der Waals surface area contributed by atoms with Gasteiger partial charge in [0.05, 0.1) is 0 Å². The molecule has 2 aliphatic rings. The standard InChI is InChI=1S/C21H22N8O/c1-21(28-5-2-3-18(28)30)8-14(9-21)26-20-23-11-16-15(10-22-19(16)27-20)13-4-6-29-17(7-13)24-12-25-29/h4,6-7,10-12,14H,2-3,5,8-9H2,1H3,(H2,22,23,26,27)/t14-,21+. The van der Waals surface area contributed by atoms with E-state index in [4.69, 9.17) is 0 Å². The lowest BCUT2D eigenvalue weighted by molar-refractivity contribution is -0.136. The van der Waals surface area contributed by atoms with E-state index in [9.17, 15) is 4.79 Å². The number of pyridine rings is 1. The molecule has 1 aliphatic carbocycles. The van der Waals surface area contributed by atoms with Gasteiger partial charge in [-0.15, -0.1) is 0 Å². The molecule has 9 nitrogen and oxygen atoms in total. The molecule has 4 aromatic rings. The average molecular weight is 402 g/mol. The fourth-order valence-electron chi connectivity index (χ4n) is 4.92. The van der Waals surface area contributed by atoms with Gasteiger partial charge >= 0.3 is 0 Å².